The van der Waals surface area contributed by atoms with Gasteiger partial charge in [-0.15, -0.1) is 22.7 Å². The van der Waals surface area contributed by atoms with Crippen molar-refractivity contribution in [2.24, 2.45) is 0 Å². The van der Waals surface area contributed by atoms with Crippen molar-refractivity contribution in [3.63, 3.8) is 0 Å². The molecule has 0 spiro atoms. The zero-order valence-corrected chi connectivity index (χ0v) is 58.0. The highest BCUT2D eigenvalue weighted by Crippen LogP contribution is 2.45. The number of furan rings is 2. The fourth-order valence-electron chi connectivity index (χ4n) is 14.1. The van der Waals surface area contributed by atoms with Crippen LogP contribution < -0.4 is 5.46 Å². The second kappa shape index (κ2) is 27.5. The number of rotatable bonds is 10. The highest BCUT2D eigenvalue weighted by Gasteiger charge is 2.21. The van der Waals surface area contributed by atoms with Crippen molar-refractivity contribution in [3.05, 3.63) is 345 Å². The van der Waals surface area contributed by atoms with Crippen LogP contribution in [-0.4, -0.2) is 37.1 Å². The Hall–Kier alpha value is -12.4. The van der Waals surface area contributed by atoms with Gasteiger partial charge in [0, 0.05) is 67.3 Å². The van der Waals surface area contributed by atoms with Gasteiger partial charge < -0.3 is 18.9 Å². The zero-order chi connectivity index (χ0) is 69.6. The first-order valence-corrected chi connectivity index (χ1v) is 36.2. The SMILES string of the molecule is Clc1ccc2oc3c(-c4cccc(-c5cccc6c5sc5ccccc56)c4)ncnc3c2c1.OB(O)c1ccc(-c2cccc(-c3ccccc3)c2)cc1.c1ccc(-c2cccc(-c3ccc(-c4ccc5oc6c(-c7cccc(-c8cccc9c8sc8ccccc89)c7)ncnc6c5c4)cc3)c2)cc1. The van der Waals surface area contributed by atoms with Gasteiger partial charge in [-0.1, -0.05) is 272 Å². The minimum absolute atomic E-state index is 0.498. The van der Waals surface area contributed by atoms with E-state index in [1.54, 1.807) is 24.8 Å². The summed E-state index contributed by atoms with van der Waals surface area (Å²) in [5.41, 5.74) is 24.9. The highest BCUT2D eigenvalue weighted by atomic mass is 35.5. The molecule has 104 heavy (non-hydrogen) atoms. The van der Waals surface area contributed by atoms with Crippen LogP contribution in [0, 0.1) is 0 Å². The summed E-state index contributed by atoms with van der Waals surface area (Å²) in [6, 6.07) is 113. The average Bonchev–Trinajstić information content (AvgIpc) is 1.64. The first-order chi connectivity index (χ1) is 51.3. The number of hydrogen-bond acceptors (Lipinski definition) is 10. The van der Waals surface area contributed by atoms with Crippen molar-refractivity contribution < 1.29 is 18.9 Å². The molecule has 0 unspecified atom stereocenters. The van der Waals surface area contributed by atoms with E-state index < -0.39 is 7.12 Å². The molecule has 0 aliphatic heterocycles. The Kier molecular flexibility index (Phi) is 16.8. The second-order valence-electron chi connectivity index (χ2n) is 25.5. The van der Waals surface area contributed by atoms with E-state index in [4.69, 9.17) is 40.5 Å². The number of aromatic nitrogens is 4. The minimum Gasteiger partial charge on any atom is -0.452 e. The molecule has 0 aliphatic carbocycles. The fourth-order valence-corrected chi connectivity index (χ4v) is 16.7. The third kappa shape index (κ3) is 12.2. The molecule has 492 valence electrons. The smallest absolute Gasteiger partial charge is 0.452 e. The quantitative estimate of drug-likeness (QED) is 0.130. The Balaban J connectivity index is 0.000000122. The lowest BCUT2D eigenvalue weighted by molar-refractivity contribution is 0.426. The third-order valence-corrected chi connectivity index (χ3v) is 21.9. The van der Waals surface area contributed by atoms with Gasteiger partial charge in [-0.05, 0) is 150 Å². The topological polar surface area (TPSA) is 118 Å². The number of benzene rings is 14. The van der Waals surface area contributed by atoms with Crippen molar-refractivity contribution in [1.29, 1.82) is 0 Å². The molecule has 0 saturated heterocycles. The molecule has 0 aliphatic rings. The fraction of sp³-hybridized carbons (Fsp3) is 0. The van der Waals surface area contributed by atoms with Gasteiger partial charge in [0.15, 0.2) is 11.2 Å². The molecule has 2 N–H and O–H groups in total. The van der Waals surface area contributed by atoms with Crippen LogP contribution in [-0.2, 0) is 0 Å². The summed E-state index contributed by atoms with van der Waals surface area (Å²) >= 11 is 9.89. The number of halogens is 1. The summed E-state index contributed by atoms with van der Waals surface area (Å²) in [5.74, 6) is 0. The molecule has 14 aromatic carbocycles. The van der Waals surface area contributed by atoms with E-state index in [9.17, 15) is 0 Å². The lowest BCUT2D eigenvalue weighted by Gasteiger charge is -2.08. The Morgan fingerprint density at radius 2 is 0.625 bits per heavy atom. The van der Waals surface area contributed by atoms with E-state index in [0.29, 0.717) is 21.7 Å². The van der Waals surface area contributed by atoms with Crippen LogP contribution in [0.2, 0.25) is 5.02 Å². The summed E-state index contributed by atoms with van der Waals surface area (Å²) in [5, 5.41) is 26.0. The van der Waals surface area contributed by atoms with Crippen LogP contribution in [0.5, 0.6) is 0 Å². The zero-order valence-electron chi connectivity index (χ0n) is 55.6. The summed E-state index contributed by atoms with van der Waals surface area (Å²) < 4.78 is 17.8. The second-order valence-corrected chi connectivity index (χ2v) is 28.1. The first kappa shape index (κ1) is 63.7. The van der Waals surface area contributed by atoms with Crippen LogP contribution in [0.15, 0.2) is 349 Å². The van der Waals surface area contributed by atoms with Crippen LogP contribution in [0.25, 0.3) is 185 Å². The molecule has 0 fully saturated rings. The van der Waals surface area contributed by atoms with Crippen LogP contribution in [0.1, 0.15) is 0 Å². The Labute approximate surface area is 611 Å². The Morgan fingerprint density at radius 3 is 1.10 bits per heavy atom. The van der Waals surface area contributed by atoms with Crippen molar-refractivity contribution in [2.45, 2.75) is 0 Å². The molecule has 20 aromatic rings. The van der Waals surface area contributed by atoms with Crippen molar-refractivity contribution in [2.75, 3.05) is 0 Å². The van der Waals surface area contributed by atoms with Gasteiger partial charge >= 0.3 is 7.12 Å². The molecule has 6 aromatic heterocycles. The molecule has 12 heteroatoms. The highest BCUT2D eigenvalue weighted by molar-refractivity contribution is 7.26. The number of hydrogen-bond donors (Lipinski definition) is 2. The van der Waals surface area contributed by atoms with Gasteiger partial charge in [-0.2, -0.15) is 0 Å². The maximum atomic E-state index is 9.13. The van der Waals surface area contributed by atoms with Gasteiger partial charge in [0.05, 0.1) is 0 Å². The maximum absolute atomic E-state index is 9.13. The summed E-state index contributed by atoms with van der Waals surface area (Å²) in [7, 11) is -1.42. The number of fused-ring (bicyclic) bond motifs is 12. The predicted molar refractivity (Wildman–Crippen MR) is 435 cm³/mol. The standard InChI is InChI=1S/C46H28N2OS.C28H15ClN2OS.C18H15BO2/c1-2-9-29(10-3-1)32-11-6-12-33(25-32)30-19-21-31(22-20-30)34-23-24-41-40(27-34)44-45(49-41)43(47-28-48-44)36-14-7-13-35(26-36)37-16-8-17-39-38-15-4-5-18-42(38)50-46(37)39;29-18-11-12-23-22(14-18)26-27(32-23)25(30-15-31-26)17-6-3-5-16(13-17)19-8-4-9-21-20-7-1-2-10-24(20)33-28(19)21;20-19(21)18-11-9-15(10-12-18)17-8-4-7-16(13-17)14-5-2-1-3-6-14/h1-28H;1-15H;1-13,20-21H. The first-order valence-electron chi connectivity index (χ1n) is 34.2. The Morgan fingerprint density at radius 1 is 0.279 bits per heavy atom. The van der Waals surface area contributed by atoms with Gasteiger partial charge in [-0.25, -0.2) is 19.9 Å². The van der Waals surface area contributed by atoms with Crippen LogP contribution in [0.3, 0.4) is 0 Å². The van der Waals surface area contributed by atoms with Crippen LogP contribution >= 0.6 is 34.3 Å². The molecule has 20 rings (SSSR count). The third-order valence-electron chi connectivity index (χ3n) is 19.2. The lowest BCUT2D eigenvalue weighted by atomic mass is 9.80. The van der Waals surface area contributed by atoms with E-state index in [2.05, 4.69) is 265 Å². The molecule has 0 radical (unpaired) electrons. The van der Waals surface area contributed by atoms with E-state index >= 15 is 0 Å². The van der Waals surface area contributed by atoms with E-state index in [-0.39, 0.29) is 0 Å². The summed E-state index contributed by atoms with van der Waals surface area (Å²) in [4.78, 5) is 18.5. The molecular weight excluding hydrogens is 1340 g/mol. The lowest BCUT2D eigenvalue weighted by Crippen LogP contribution is -2.29. The monoisotopic (exact) mass is 1390 g/mol. The van der Waals surface area contributed by atoms with Gasteiger partial charge in [0.25, 0.3) is 0 Å². The van der Waals surface area contributed by atoms with Crippen molar-refractivity contribution in [3.8, 4) is 100 Å². The maximum Gasteiger partial charge on any atom is 0.488 e. The largest absolute Gasteiger partial charge is 0.488 e. The van der Waals surface area contributed by atoms with Crippen LogP contribution in [0.4, 0.5) is 0 Å². The average molecular weight is 1390 g/mol. The predicted octanol–water partition coefficient (Wildman–Crippen LogP) is 24.5. The molecular formula is C92H58BClN4O4S2. The molecule has 6 heterocycles. The Bertz CT molecular complexity index is 6610. The normalized spacial score (nSPS) is 11.4. The van der Waals surface area contributed by atoms with Crippen molar-refractivity contribution in [1.82, 2.24) is 19.9 Å². The summed E-state index contributed by atoms with van der Waals surface area (Å²) in [6.45, 7) is 0. The molecule has 0 bridgehead atoms. The van der Waals surface area contributed by atoms with Gasteiger partial charge in [-0.3, -0.25) is 0 Å². The van der Waals surface area contributed by atoms with Gasteiger partial charge in [0.1, 0.15) is 46.2 Å². The number of nitrogens with zero attached hydrogens (tertiary/aromatic N) is 4. The van der Waals surface area contributed by atoms with Gasteiger partial charge in [0.2, 0.25) is 0 Å². The molecule has 0 saturated carbocycles. The van der Waals surface area contributed by atoms with E-state index in [1.807, 2.05) is 83.3 Å². The number of thiophene rings is 2. The van der Waals surface area contributed by atoms with Crippen molar-refractivity contribution >= 4 is 131 Å². The minimum atomic E-state index is -1.42. The molecule has 0 amide bonds. The molecule has 0 atom stereocenters. The van der Waals surface area contributed by atoms with E-state index in [0.717, 1.165) is 88.9 Å². The summed E-state index contributed by atoms with van der Waals surface area (Å²) in [6.07, 6.45) is 3.24. The molecule has 8 nitrogen and oxygen atoms in total. The van der Waals surface area contributed by atoms with E-state index in [1.165, 1.54) is 84.9 Å².